The monoisotopic (exact) mass is 251 g/mol. The molecule has 2 rings (SSSR count). The molecule has 0 fully saturated rings. The van der Waals surface area contributed by atoms with Gasteiger partial charge >= 0.3 is 5.97 Å². The Kier molecular flexibility index (Phi) is 3.38. The van der Waals surface area contributed by atoms with E-state index >= 15 is 0 Å². The largest absolute Gasteiger partial charge is 0.481 e. The molecule has 1 aromatic carbocycles. The van der Waals surface area contributed by atoms with E-state index in [2.05, 4.69) is 4.98 Å². The number of aromatic nitrogens is 1. The second kappa shape index (κ2) is 4.79. The van der Waals surface area contributed by atoms with Crippen LogP contribution in [0.2, 0.25) is 0 Å². The van der Waals surface area contributed by atoms with E-state index in [1.54, 1.807) is 13.8 Å². The summed E-state index contributed by atoms with van der Waals surface area (Å²) in [5.74, 6) is 0.0733. The van der Waals surface area contributed by atoms with Crippen LogP contribution in [0.3, 0.4) is 0 Å². The number of thioether (sulfide) groups is 1. The minimum atomic E-state index is -0.768. The topological polar surface area (TPSA) is 63.3 Å². The van der Waals surface area contributed by atoms with Crippen LogP contribution in [0.15, 0.2) is 27.5 Å². The van der Waals surface area contributed by atoms with E-state index < -0.39 is 5.97 Å². The SMILES string of the molecule is Cc1nc2cc(SCC(C)C(=O)O)ccc2o1. The highest BCUT2D eigenvalue weighted by molar-refractivity contribution is 7.99. The van der Waals surface area contributed by atoms with Gasteiger partial charge in [-0.3, -0.25) is 4.79 Å². The summed E-state index contributed by atoms with van der Waals surface area (Å²) in [5, 5.41) is 8.79. The second-order valence-corrected chi connectivity index (χ2v) is 5.01. The molecule has 0 saturated carbocycles. The van der Waals surface area contributed by atoms with Crippen LogP contribution >= 0.6 is 11.8 Å². The molecular weight excluding hydrogens is 238 g/mol. The molecule has 1 atom stereocenters. The van der Waals surface area contributed by atoms with Gasteiger partial charge in [0.15, 0.2) is 11.5 Å². The summed E-state index contributed by atoms with van der Waals surface area (Å²) in [6, 6.07) is 5.71. The van der Waals surface area contributed by atoms with Crippen molar-refractivity contribution in [2.45, 2.75) is 18.7 Å². The summed E-state index contributed by atoms with van der Waals surface area (Å²) in [4.78, 5) is 15.9. The fourth-order valence-corrected chi connectivity index (χ4v) is 2.35. The first-order valence-electron chi connectivity index (χ1n) is 5.29. The maximum atomic E-state index is 10.7. The van der Waals surface area contributed by atoms with E-state index in [1.807, 2.05) is 18.2 Å². The highest BCUT2D eigenvalue weighted by Crippen LogP contribution is 2.25. The summed E-state index contributed by atoms with van der Waals surface area (Å²) in [6.45, 7) is 3.51. The number of oxazole rings is 1. The van der Waals surface area contributed by atoms with Gasteiger partial charge in [-0.05, 0) is 18.2 Å². The molecule has 0 amide bonds. The van der Waals surface area contributed by atoms with Crippen molar-refractivity contribution in [1.82, 2.24) is 4.98 Å². The van der Waals surface area contributed by atoms with Crippen molar-refractivity contribution in [1.29, 1.82) is 0 Å². The summed E-state index contributed by atoms with van der Waals surface area (Å²) >= 11 is 1.52. The van der Waals surface area contributed by atoms with Crippen LogP contribution in [0.4, 0.5) is 0 Å². The van der Waals surface area contributed by atoms with Crippen LogP contribution in [0, 0.1) is 12.8 Å². The molecule has 1 aromatic heterocycles. The number of aliphatic carboxylic acids is 1. The van der Waals surface area contributed by atoms with Gasteiger partial charge in [0.25, 0.3) is 0 Å². The second-order valence-electron chi connectivity index (χ2n) is 3.91. The Balaban J connectivity index is 2.11. The van der Waals surface area contributed by atoms with E-state index in [-0.39, 0.29) is 5.92 Å². The number of carboxylic acid groups (broad SMARTS) is 1. The lowest BCUT2D eigenvalue weighted by Crippen LogP contribution is -2.11. The molecule has 0 spiro atoms. The molecule has 0 aliphatic carbocycles. The Labute approximate surface area is 103 Å². The molecule has 0 saturated heterocycles. The predicted octanol–water partition coefficient (Wildman–Crippen LogP) is 2.95. The molecule has 1 heterocycles. The molecule has 4 nitrogen and oxygen atoms in total. The number of hydrogen-bond donors (Lipinski definition) is 1. The smallest absolute Gasteiger partial charge is 0.307 e. The average Bonchev–Trinajstić information content (AvgIpc) is 2.64. The van der Waals surface area contributed by atoms with Gasteiger partial charge in [0.2, 0.25) is 0 Å². The highest BCUT2D eigenvalue weighted by atomic mass is 32.2. The lowest BCUT2D eigenvalue weighted by atomic mass is 10.2. The first-order valence-corrected chi connectivity index (χ1v) is 6.27. The van der Waals surface area contributed by atoms with Crippen molar-refractivity contribution in [3.05, 3.63) is 24.1 Å². The number of aryl methyl sites for hydroxylation is 1. The Bertz CT molecular complexity index is 550. The summed E-state index contributed by atoms with van der Waals surface area (Å²) in [5.41, 5.74) is 1.58. The highest BCUT2D eigenvalue weighted by Gasteiger charge is 2.11. The van der Waals surface area contributed by atoms with Crippen molar-refractivity contribution in [2.75, 3.05) is 5.75 Å². The normalized spacial score (nSPS) is 12.8. The Morgan fingerprint density at radius 1 is 1.59 bits per heavy atom. The van der Waals surface area contributed by atoms with Crippen molar-refractivity contribution >= 4 is 28.8 Å². The molecule has 17 heavy (non-hydrogen) atoms. The van der Waals surface area contributed by atoms with Gasteiger partial charge in [0, 0.05) is 17.6 Å². The van der Waals surface area contributed by atoms with Crippen LogP contribution in [0.1, 0.15) is 12.8 Å². The van der Waals surface area contributed by atoms with Crippen LogP contribution < -0.4 is 0 Å². The zero-order valence-electron chi connectivity index (χ0n) is 9.64. The number of rotatable bonds is 4. The minimum absolute atomic E-state index is 0.352. The van der Waals surface area contributed by atoms with Gasteiger partial charge in [0.05, 0.1) is 5.92 Å². The van der Waals surface area contributed by atoms with Gasteiger partial charge < -0.3 is 9.52 Å². The summed E-state index contributed by atoms with van der Waals surface area (Å²) < 4.78 is 5.37. The molecule has 1 N–H and O–H groups in total. The number of nitrogens with zero attached hydrogens (tertiary/aromatic N) is 1. The third-order valence-electron chi connectivity index (χ3n) is 2.39. The van der Waals surface area contributed by atoms with Gasteiger partial charge in [-0.2, -0.15) is 0 Å². The maximum absolute atomic E-state index is 10.7. The molecule has 90 valence electrons. The molecular formula is C12H13NO3S. The maximum Gasteiger partial charge on any atom is 0.307 e. The van der Waals surface area contributed by atoms with E-state index in [0.29, 0.717) is 11.6 Å². The Morgan fingerprint density at radius 3 is 3.06 bits per heavy atom. The zero-order valence-corrected chi connectivity index (χ0v) is 10.5. The van der Waals surface area contributed by atoms with Crippen molar-refractivity contribution in [2.24, 2.45) is 5.92 Å². The van der Waals surface area contributed by atoms with E-state index in [1.165, 1.54) is 11.8 Å². The zero-order chi connectivity index (χ0) is 12.4. The Morgan fingerprint density at radius 2 is 2.35 bits per heavy atom. The molecule has 0 aliphatic heterocycles. The summed E-state index contributed by atoms with van der Waals surface area (Å²) in [7, 11) is 0. The van der Waals surface area contributed by atoms with Crippen LogP contribution in [-0.4, -0.2) is 21.8 Å². The van der Waals surface area contributed by atoms with Crippen molar-refractivity contribution < 1.29 is 14.3 Å². The van der Waals surface area contributed by atoms with Gasteiger partial charge in [-0.1, -0.05) is 6.92 Å². The van der Waals surface area contributed by atoms with E-state index in [4.69, 9.17) is 9.52 Å². The minimum Gasteiger partial charge on any atom is -0.481 e. The predicted molar refractivity (Wildman–Crippen MR) is 66.3 cm³/mol. The summed E-state index contributed by atoms with van der Waals surface area (Å²) in [6.07, 6.45) is 0. The first-order chi connectivity index (χ1) is 8.06. The number of fused-ring (bicyclic) bond motifs is 1. The number of hydrogen-bond acceptors (Lipinski definition) is 4. The average molecular weight is 251 g/mol. The van der Waals surface area contributed by atoms with Crippen molar-refractivity contribution in [3.63, 3.8) is 0 Å². The van der Waals surface area contributed by atoms with Gasteiger partial charge in [-0.25, -0.2) is 4.98 Å². The fraction of sp³-hybridized carbons (Fsp3) is 0.333. The molecule has 2 aromatic rings. The molecule has 5 heteroatoms. The molecule has 0 bridgehead atoms. The lowest BCUT2D eigenvalue weighted by Gasteiger charge is -2.05. The lowest BCUT2D eigenvalue weighted by molar-refractivity contribution is -0.140. The van der Waals surface area contributed by atoms with Gasteiger partial charge in [-0.15, -0.1) is 11.8 Å². The Hall–Kier alpha value is -1.49. The van der Waals surface area contributed by atoms with Gasteiger partial charge in [0.1, 0.15) is 5.52 Å². The van der Waals surface area contributed by atoms with Crippen LogP contribution in [0.25, 0.3) is 11.1 Å². The third kappa shape index (κ3) is 2.79. The van der Waals surface area contributed by atoms with E-state index in [9.17, 15) is 4.79 Å². The molecule has 0 radical (unpaired) electrons. The molecule has 1 unspecified atom stereocenters. The van der Waals surface area contributed by atoms with E-state index in [0.717, 1.165) is 16.0 Å². The first kappa shape index (κ1) is 12.0. The van der Waals surface area contributed by atoms with Crippen LogP contribution in [0.5, 0.6) is 0 Å². The number of carbonyl (C=O) groups is 1. The van der Waals surface area contributed by atoms with Crippen LogP contribution in [-0.2, 0) is 4.79 Å². The third-order valence-corrected chi connectivity index (χ3v) is 3.64. The fourth-order valence-electron chi connectivity index (χ4n) is 1.40. The van der Waals surface area contributed by atoms with Crippen molar-refractivity contribution in [3.8, 4) is 0 Å². The quantitative estimate of drug-likeness (QED) is 0.846. The number of carboxylic acids is 1. The number of benzene rings is 1. The molecule has 0 aliphatic rings. The standard InChI is InChI=1S/C12H13NO3S/c1-7(12(14)15)6-17-9-3-4-11-10(5-9)13-8(2)16-11/h3-5,7H,6H2,1-2H3,(H,14,15).